The minimum Gasteiger partial charge on any atom is -0.355 e. The molecule has 5 heteroatoms. The summed E-state index contributed by atoms with van der Waals surface area (Å²) < 4.78 is 0. The van der Waals surface area contributed by atoms with Crippen LogP contribution >= 0.6 is 12.4 Å². The molecule has 0 aromatic heterocycles. The predicted octanol–water partition coefficient (Wildman–Crippen LogP) is 1.40. The summed E-state index contributed by atoms with van der Waals surface area (Å²) >= 11 is 0. The van der Waals surface area contributed by atoms with E-state index in [-0.39, 0.29) is 18.3 Å². The van der Waals surface area contributed by atoms with Gasteiger partial charge >= 0.3 is 0 Å². The molecular weight excluding hydrogens is 262 g/mol. The van der Waals surface area contributed by atoms with Gasteiger partial charge in [-0.3, -0.25) is 9.69 Å². The second-order valence-electron chi connectivity index (χ2n) is 5.63. The van der Waals surface area contributed by atoms with E-state index in [0.717, 1.165) is 58.0 Å². The second-order valence-corrected chi connectivity index (χ2v) is 5.63. The van der Waals surface area contributed by atoms with Crippen LogP contribution < -0.4 is 10.6 Å². The third-order valence-corrected chi connectivity index (χ3v) is 4.21. The van der Waals surface area contributed by atoms with Gasteiger partial charge in [0.25, 0.3) is 0 Å². The number of piperazine rings is 1. The predicted molar refractivity (Wildman–Crippen MR) is 80.8 cm³/mol. The molecule has 1 heterocycles. The SMILES string of the molecule is Cl.O=C(CCC1CCCC1)NCCN1CCNCC1. The van der Waals surface area contributed by atoms with Crippen LogP contribution in [0.2, 0.25) is 0 Å². The van der Waals surface area contributed by atoms with E-state index in [1.165, 1.54) is 25.7 Å². The molecule has 0 atom stereocenters. The van der Waals surface area contributed by atoms with Crippen molar-refractivity contribution in [2.24, 2.45) is 5.92 Å². The molecule has 19 heavy (non-hydrogen) atoms. The van der Waals surface area contributed by atoms with Gasteiger partial charge in [-0.2, -0.15) is 0 Å². The van der Waals surface area contributed by atoms with Gasteiger partial charge in [0.2, 0.25) is 5.91 Å². The Balaban J connectivity index is 0.00000180. The first-order valence-corrected chi connectivity index (χ1v) is 7.54. The Hall–Kier alpha value is -0.320. The van der Waals surface area contributed by atoms with Crippen molar-refractivity contribution in [2.45, 2.75) is 38.5 Å². The van der Waals surface area contributed by atoms with E-state index in [9.17, 15) is 4.79 Å². The van der Waals surface area contributed by atoms with Crippen molar-refractivity contribution in [3.05, 3.63) is 0 Å². The standard InChI is InChI=1S/C14H27N3O.ClH/c18-14(6-5-13-3-1-2-4-13)16-9-12-17-10-7-15-8-11-17;/h13,15H,1-12H2,(H,16,18);1H. The summed E-state index contributed by atoms with van der Waals surface area (Å²) in [5, 5.41) is 6.39. The number of nitrogens with zero attached hydrogens (tertiary/aromatic N) is 1. The number of halogens is 1. The van der Waals surface area contributed by atoms with Gasteiger partial charge < -0.3 is 10.6 Å². The quantitative estimate of drug-likeness (QED) is 0.777. The Morgan fingerprint density at radius 3 is 2.58 bits per heavy atom. The number of hydrogen-bond donors (Lipinski definition) is 2. The van der Waals surface area contributed by atoms with Crippen molar-refractivity contribution < 1.29 is 4.79 Å². The molecule has 1 amide bonds. The monoisotopic (exact) mass is 289 g/mol. The summed E-state index contributed by atoms with van der Waals surface area (Å²) in [6, 6.07) is 0. The number of hydrogen-bond acceptors (Lipinski definition) is 3. The maximum absolute atomic E-state index is 11.7. The molecule has 2 N–H and O–H groups in total. The summed E-state index contributed by atoms with van der Waals surface area (Å²) in [7, 11) is 0. The zero-order valence-electron chi connectivity index (χ0n) is 11.8. The van der Waals surface area contributed by atoms with Crippen molar-refractivity contribution in [1.82, 2.24) is 15.5 Å². The first-order chi connectivity index (χ1) is 8.84. The molecule has 0 unspecified atom stereocenters. The molecule has 2 aliphatic rings. The molecule has 0 bridgehead atoms. The zero-order valence-corrected chi connectivity index (χ0v) is 12.6. The Labute approximate surface area is 123 Å². The molecule has 0 aromatic rings. The van der Waals surface area contributed by atoms with Crippen LogP contribution in [0.15, 0.2) is 0 Å². The largest absolute Gasteiger partial charge is 0.355 e. The van der Waals surface area contributed by atoms with Crippen LogP contribution in [0.3, 0.4) is 0 Å². The van der Waals surface area contributed by atoms with E-state index in [0.29, 0.717) is 0 Å². The topological polar surface area (TPSA) is 44.4 Å². The van der Waals surface area contributed by atoms with Crippen LogP contribution in [-0.4, -0.2) is 50.1 Å². The van der Waals surface area contributed by atoms with E-state index < -0.39 is 0 Å². The van der Waals surface area contributed by atoms with Gasteiger partial charge in [-0.25, -0.2) is 0 Å². The van der Waals surface area contributed by atoms with Gasteiger partial charge in [-0.1, -0.05) is 25.7 Å². The first-order valence-electron chi connectivity index (χ1n) is 7.54. The lowest BCUT2D eigenvalue weighted by Gasteiger charge is -2.27. The molecule has 0 aromatic carbocycles. The van der Waals surface area contributed by atoms with Crippen molar-refractivity contribution >= 4 is 18.3 Å². The van der Waals surface area contributed by atoms with Gasteiger partial charge in [-0.15, -0.1) is 12.4 Å². The molecular formula is C14H28ClN3O. The molecule has 2 rings (SSSR count). The molecule has 0 radical (unpaired) electrons. The number of amides is 1. The van der Waals surface area contributed by atoms with E-state index in [4.69, 9.17) is 0 Å². The van der Waals surface area contributed by atoms with Crippen LogP contribution in [0.5, 0.6) is 0 Å². The smallest absolute Gasteiger partial charge is 0.220 e. The fraction of sp³-hybridized carbons (Fsp3) is 0.929. The van der Waals surface area contributed by atoms with Crippen LogP contribution in [0.1, 0.15) is 38.5 Å². The van der Waals surface area contributed by atoms with Gasteiger partial charge in [0, 0.05) is 45.7 Å². The number of rotatable bonds is 6. The van der Waals surface area contributed by atoms with Crippen molar-refractivity contribution in [2.75, 3.05) is 39.3 Å². The van der Waals surface area contributed by atoms with E-state index in [2.05, 4.69) is 15.5 Å². The minimum atomic E-state index is 0. The number of carbonyl (C=O) groups excluding carboxylic acids is 1. The summed E-state index contributed by atoms with van der Waals surface area (Å²) in [6.07, 6.45) is 7.25. The van der Waals surface area contributed by atoms with Crippen LogP contribution in [0.25, 0.3) is 0 Å². The Morgan fingerprint density at radius 1 is 1.21 bits per heavy atom. The van der Waals surface area contributed by atoms with E-state index in [1.807, 2.05) is 0 Å². The Kier molecular flexibility index (Phi) is 8.42. The molecule has 1 aliphatic carbocycles. The third kappa shape index (κ3) is 6.59. The van der Waals surface area contributed by atoms with Gasteiger partial charge in [-0.05, 0) is 12.3 Å². The lowest BCUT2D eigenvalue weighted by Crippen LogP contribution is -2.46. The highest BCUT2D eigenvalue weighted by Gasteiger charge is 2.16. The normalized spacial score (nSPS) is 21.1. The minimum absolute atomic E-state index is 0. The van der Waals surface area contributed by atoms with E-state index in [1.54, 1.807) is 0 Å². The highest BCUT2D eigenvalue weighted by Crippen LogP contribution is 2.28. The Bertz CT molecular complexity index is 251. The molecule has 1 aliphatic heterocycles. The highest BCUT2D eigenvalue weighted by molar-refractivity contribution is 5.85. The molecule has 1 saturated carbocycles. The van der Waals surface area contributed by atoms with Crippen LogP contribution in [0.4, 0.5) is 0 Å². The van der Waals surface area contributed by atoms with Crippen LogP contribution in [-0.2, 0) is 4.79 Å². The zero-order chi connectivity index (χ0) is 12.6. The van der Waals surface area contributed by atoms with E-state index >= 15 is 0 Å². The molecule has 0 spiro atoms. The summed E-state index contributed by atoms with van der Waals surface area (Å²) in [6.45, 7) is 6.18. The number of nitrogens with one attached hydrogen (secondary N) is 2. The maximum atomic E-state index is 11.7. The van der Waals surface area contributed by atoms with Gasteiger partial charge in [0.05, 0.1) is 0 Å². The summed E-state index contributed by atoms with van der Waals surface area (Å²) in [5.74, 6) is 1.07. The lowest BCUT2D eigenvalue weighted by atomic mass is 10.0. The second kappa shape index (κ2) is 9.56. The lowest BCUT2D eigenvalue weighted by molar-refractivity contribution is -0.121. The van der Waals surface area contributed by atoms with Crippen molar-refractivity contribution in [3.63, 3.8) is 0 Å². The van der Waals surface area contributed by atoms with Gasteiger partial charge in [0.15, 0.2) is 0 Å². The summed E-state index contributed by atoms with van der Waals surface area (Å²) in [4.78, 5) is 14.1. The van der Waals surface area contributed by atoms with Crippen molar-refractivity contribution in [3.8, 4) is 0 Å². The fourth-order valence-corrected chi connectivity index (χ4v) is 3.01. The fourth-order valence-electron chi connectivity index (χ4n) is 3.01. The maximum Gasteiger partial charge on any atom is 0.220 e. The average Bonchev–Trinajstić information content (AvgIpc) is 2.91. The Morgan fingerprint density at radius 2 is 1.89 bits per heavy atom. The summed E-state index contributed by atoms with van der Waals surface area (Å²) in [5.41, 5.74) is 0. The van der Waals surface area contributed by atoms with Gasteiger partial charge in [0.1, 0.15) is 0 Å². The third-order valence-electron chi connectivity index (χ3n) is 4.21. The first kappa shape index (κ1) is 16.7. The molecule has 2 fully saturated rings. The molecule has 1 saturated heterocycles. The highest BCUT2D eigenvalue weighted by atomic mass is 35.5. The average molecular weight is 290 g/mol. The number of carbonyl (C=O) groups is 1. The molecule has 112 valence electrons. The van der Waals surface area contributed by atoms with Crippen LogP contribution in [0, 0.1) is 5.92 Å². The van der Waals surface area contributed by atoms with Crippen molar-refractivity contribution in [1.29, 1.82) is 0 Å². The molecule has 4 nitrogen and oxygen atoms in total.